The van der Waals surface area contributed by atoms with Crippen LogP contribution in [-0.4, -0.2) is 67.5 Å². The van der Waals surface area contributed by atoms with Gasteiger partial charge in [0.25, 0.3) is 11.6 Å². The Morgan fingerprint density at radius 3 is 2.61 bits per heavy atom. The number of rotatable bonds is 5. The lowest BCUT2D eigenvalue weighted by atomic mass is 10.1. The van der Waals surface area contributed by atoms with Gasteiger partial charge in [-0.05, 0) is 25.1 Å². The second kappa shape index (κ2) is 8.83. The third-order valence-corrected chi connectivity index (χ3v) is 5.13. The van der Waals surface area contributed by atoms with Crippen LogP contribution in [0, 0.1) is 10.1 Å². The number of nitrogens with zero attached hydrogens (tertiary/aromatic N) is 3. The normalized spacial score (nSPS) is 17.1. The summed E-state index contributed by atoms with van der Waals surface area (Å²) in [6.45, 7) is 5.75. The first kappa shape index (κ1) is 19.8. The number of carbonyl (C=O) groups is 2. The van der Waals surface area contributed by atoms with Gasteiger partial charge in [0.15, 0.2) is 0 Å². The smallest absolute Gasteiger partial charge is 0.293 e. The summed E-state index contributed by atoms with van der Waals surface area (Å²) < 4.78 is 0. The van der Waals surface area contributed by atoms with Crippen LogP contribution in [0.3, 0.4) is 0 Å². The van der Waals surface area contributed by atoms with E-state index in [1.165, 1.54) is 13.0 Å². The molecule has 1 fully saturated rings. The summed E-state index contributed by atoms with van der Waals surface area (Å²) in [6, 6.07) is 4.57. The van der Waals surface area contributed by atoms with Crippen molar-refractivity contribution in [1.29, 1.82) is 0 Å². The van der Waals surface area contributed by atoms with Gasteiger partial charge in [-0.3, -0.25) is 19.7 Å². The highest BCUT2D eigenvalue weighted by Gasteiger charge is 2.25. The fourth-order valence-electron chi connectivity index (χ4n) is 3.47. The summed E-state index contributed by atoms with van der Waals surface area (Å²) in [5, 5.41) is 17.6. The minimum atomic E-state index is -0.460. The number of nitrogens with one attached hydrogen (secondary N) is 2. The van der Waals surface area contributed by atoms with Crippen molar-refractivity contribution < 1.29 is 14.5 Å². The van der Waals surface area contributed by atoms with Crippen LogP contribution in [0.1, 0.15) is 23.7 Å². The van der Waals surface area contributed by atoms with Crippen molar-refractivity contribution in [2.24, 2.45) is 0 Å². The maximum atomic E-state index is 12.4. The first-order chi connectivity index (χ1) is 13.5. The summed E-state index contributed by atoms with van der Waals surface area (Å²) in [5.74, 6) is -0.319. The van der Waals surface area contributed by atoms with Gasteiger partial charge in [-0.25, -0.2) is 0 Å². The van der Waals surface area contributed by atoms with Crippen molar-refractivity contribution in [3.8, 4) is 0 Å². The molecule has 9 heteroatoms. The van der Waals surface area contributed by atoms with Crippen LogP contribution >= 0.6 is 0 Å². The Bertz CT molecular complexity index is 800. The molecule has 2 heterocycles. The standard InChI is InChI=1S/C19H25N5O4/c1-14(25)22-8-10-23(11-9-22)17-3-2-16(12-18(17)24(27)28)19(26)21-13-15-4-6-20-7-5-15/h2-4,12,20H,5-11,13H2,1H3,(H,21,26). The van der Waals surface area contributed by atoms with E-state index in [1.807, 2.05) is 4.90 Å². The number of hydrogen-bond donors (Lipinski definition) is 2. The van der Waals surface area contributed by atoms with Crippen molar-refractivity contribution in [1.82, 2.24) is 15.5 Å². The Kier molecular flexibility index (Phi) is 6.25. The SMILES string of the molecule is CC(=O)N1CCN(c2ccc(C(=O)NCC3=CCNCC3)cc2[N+](=O)[O-])CC1. The molecule has 0 radical (unpaired) electrons. The third-order valence-electron chi connectivity index (χ3n) is 5.13. The van der Waals surface area contributed by atoms with Gasteiger partial charge >= 0.3 is 0 Å². The minimum absolute atomic E-state index is 0.00466. The van der Waals surface area contributed by atoms with Gasteiger partial charge in [-0.15, -0.1) is 0 Å². The predicted octanol–water partition coefficient (Wildman–Crippen LogP) is 0.913. The molecular weight excluding hydrogens is 362 g/mol. The van der Waals surface area contributed by atoms with Crippen molar-refractivity contribution in [2.45, 2.75) is 13.3 Å². The predicted molar refractivity (Wildman–Crippen MR) is 105 cm³/mol. The van der Waals surface area contributed by atoms with Gasteiger partial charge in [-0.2, -0.15) is 0 Å². The van der Waals surface area contributed by atoms with Crippen molar-refractivity contribution in [3.05, 3.63) is 45.5 Å². The summed E-state index contributed by atoms with van der Waals surface area (Å²) >= 11 is 0. The van der Waals surface area contributed by atoms with Crippen LogP contribution in [0.25, 0.3) is 0 Å². The Labute approximate surface area is 163 Å². The number of carbonyl (C=O) groups excluding carboxylic acids is 2. The summed E-state index contributed by atoms with van der Waals surface area (Å²) in [5.41, 5.74) is 1.81. The van der Waals surface area contributed by atoms with E-state index in [1.54, 1.807) is 17.0 Å². The summed E-state index contributed by atoms with van der Waals surface area (Å²) in [6.07, 6.45) is 2.93. The van der Waals surface area contributed by atoms with E-state index in [2.05, 4.69) is 16.7 Å². The van der Waals surface area contributed by atoms with Crippen molar-refractivity contribution in [3.63, 3.8) is 0 Å². The number of nitro groups is 1. The van der Waals surface area contributed by atoms with Crippen molar-refractivity contribution >= 4 is 23.2 Å². The fraction of sp³-hybridized carbons (Fsp3) is 0.474. The molecule has 2 aliphatic rings. The zero-order valence-corrected chi connectivity index (χ0v) is 15.9. The van der Waals surface area contributed by atoms with Gasteiger partial charge in [-0.1, -0.05) is 11.6 Å². The van der Waals surface area contributed by atoms with E-state index in [0.717, 1.165) is 25.1 Å². The molecule has 150 valence electrons. The number of piperazine rings is 1. The molecule has 9 nitrogen and oxygen atoms in total. The number of nitro benzene ring substituents is 1. The largest absolute Gasteiger partial charge is 0.362 e. The highest BCUT2D eigenvalue weighted by atomic mass is 16.6. The lowest BCUT2D eigenvalue weighted by Crippen LogP contribution is -2.48. The molecule has 0 aliphatic carbocycles. The molecule has 1 aromatic carbocycles. The number of amides is 2. The molecule has 2 amide bonds. The molecule has 28 heavy (non-hydrogen) atoms. The molecule has 2 aliphatic heterocycles. The van der Waals surface area contributed by atoms with Crippen LogP contribution < -0.4 is 15.5 Å². The van der Waals surface area contributed by atoms with Gasteiger partial charge in [0.2, 0.25) is 5.91 Å². The van der Waals surface area contributed by atoms with Crippen LogP contribution in [0.5, 0.6) is 0 Å². The highest BCUT2D eigenvalue weighted by Crippen LogP contribution is 2.30. The first-order valence-corrected chi connectivity index (χ1v) is 9.41. The average Bonchev–Trinajstić information content (AvgIpc) is 2.72. The van der Waals surface area contributed by atoms with E-state index in [9.17, 15) is 19.7 Å². The monoisotopic (exact) mass is 387 g/mol. The Morgan fingerprint density at radius 2 is 2.00 bits per heavy atom. The molecule has 0 atom stereocenters. The molecule has 1 aromatic rings. The van der Waals surface area contributed by atoms with Gasteiger partial charge < -0.3 is 20.4 Å². The third kappa shape index (κ3) is 4.66. The zero-order valence-electron chi connectivity index (χ0n) is 15.9. The van der Waals surface area contributed by atoms with Gasteiger partial charge in [0, 0.05) is 57.8 Å². The van der Waals surface area contributed by atoms with E-state index in [0.29, 0.717) is 38.4 Å². The van der Waals surface area contributed by atoms with Crippen LogP contribution in [-0.2, 0) is 4.79 Å². The molecule has 0 saturated carbocycles. The maximum absolute atomic E-state index is 12.4. The molecule has 0 bridgehead atoms. The highest BCUT2D eigenvalue weighted by molar-refractivity contribution is 5.96. The van der Waals surface area contributed by atoms with Crippen LogP contribution in [0.15, 0.2) is 29.8 Å². The van der Waals surface area contributed by atoms with Crippen LogP contribution in [0.2, 0.25) is 0 Å². The maximum Gasteiger partial charge on any atom is 0.293 e. The lowest BCUT2D eigenvalue weighted by molar-refractivity contribution is -0.384. The molecule has 0 aromatic heterocycles. The first-order valence-electron chi connectivity index (χ1n) is 9.41. The number of hydrogen-bond acceptors (Lipinski definition) is 6. The van der Waals surface area contributed by atoms with Gasteiger partial charge in [0.05, 0.1) is 4.92 Å². The van der Waals surface area contributed by atoms with Crippen LogP contribution in [0.4, 0.5) is 11.4 Å². The Balaban J connectivity index is 1.70. The number of benzene rings is 1. The molecule has 0 unspecified atom stereocenters. The molecule has 3 rings (SSSR count). The second-order valence-electron chi connectivity index (χ2n) is 6.95. The molecular formula is C19H25N5O4. The second-order valence-corrected chi connectivity index (χ2v) is 6.95. The molecule has 0 spiro atoms. The number of anilines is 1. The molecule has 1 saturated heterocycles. The zero-order chi connectivity index (χ0) is 20.1. The van der Waals surface area contributed by atoms with E-state index < -0.39 is 4.92 Å². The fourth-order valence-corrected chi connectivity index (χ4v) is 3.47. The molecule has 2 N–H and O–H groups in total. The Hall–Kier alpha value is -2.94. The Morgan fingerprint density at radius 1 is 1.25 bits per heavy atom. The van der Waals surface area contributed by atoms with Gasteiger partial charge in [0.1, 0.15) is 5.69 Å². The van der Waals surface area contributed by atoms with E-state index >= 15 is 0 Å². The van der Waals surface area contributed by atoms with E-state index in [-0.39, 0.29) is 23.1 Å². The topological polar surface area (TPSA) is 108 Å². The minimum Gasteiger partial charge on any atom is -0.362 e. The van der Waals surface area contributed by atoms with E-state index in [4.69, 9.17) is 0 Å². The lowest BCUT2D eigenvalue weighted by Gasteiger charge is -2.35. The average molecular weight is 387 g/mol. The van der Waals surface area contributed by atoms with Crippen molar-refractivity contribution in [2.75, 3.05) is 50.7 Å². The quantitative estimate of drug-likeness (QED) is 0.442. The summed E-state index contributed by atoms with van der Waals surface area (Å²) in [4.78, 5) is 38.6. The summed E-state index contributed by atoms with van der Waals surface area (Å²) in [7, 11) is 0.